The second-order valence-corrected chi connectivity index (χ2v) is 3.97. The minimum atomic E-state index is -2.72. The molecule has 0 N–H and O–H groups in total. The van der Waals surface area contributed by atoms with Crippen LogP contribution in [-0.2, 0) is 26.5 Å². The summed E-state index contributed by atoms with van der Waals surface area (Å²) < 4.78 is 19.1. The molecule has 90 valence electrons. The first kappa shape index (κ1) is 11.6. The number of fused-ring (bicyclic) bond motifs is 1. The van der Waals surface area contributed by atoms with Crippen molar-refractivity contribution in [3.63, 3.8) is 0 Å². The van der Waals surface area contributed by atoms with Gasteiger partial charge in [0.25, 0.3) is 5.91 Å². The molecule has 0 spiro atoms. The van der Waals surface area contributed by atoms with Crippen molar-refractivity contribution in [1.29, 1.82) is 0 Å². The maximum absolute atomic E-state index is 14.7. The van der Waals surface area contributed by atoms with E-state index >= 15 is 0 Å². The summed E-state index contributed by atoms with van der Waals surface area (Å²) in [6.45, 7) is 0.289. The fourth-order valence-electron chi connectivity index (χ4n) is 2.04. The van der Waals surface area contributed by atoms with Gasteiger partial charge in [0.1, 0.15) is 0 Å². The number of hydrogen-bond acceptors (Lipinski definition) is 3. The molecule has 0 fully saturated rings. The number of rotatable bonds is 1. The van der Waals surface area contributed by atoms with Gasteiger partial charge in [-0.1, -0.05) is 24.3 Å². The summed E-state index contributed by atoms with van der Waals surface area (Å²) in [4.78, 5) is 24.6. The Kier molecular flexibility index (Phi) is 2.61. The van der Waals surface area contributed by atoms with Crippen LogP contribution in [0, 0.1) is 0 Å². The Balaban J connectivity index is 2.64. The lowest BCUT2D eigenvalue weighted by molar-refractivity contribution is -0.167. The van der Waals surface area contributed by atoms with Crippen LogP contribution in [0.25, 0.3) is 0 Å². The van der Waals surface area contributed by atoms with Gasteiger partial charge < -0.3 is 9.64 Å². The predicted molar refractivity (Wildman–Crippen MR) is 57.7 cm³/mol. The molecule has 1 aromatic carbocycles. The summed E-state index contributed by atoms with van der Waals surface area (Å²) in [5.41, 5.74) is -2.03. The normalized spacial score (nSPS) is 23.2. The van der Waals surface area contributed by atoms with E-state index < -0.39 is 17.5 Å². The molecule has 1 unspecified atom stereocenters. The van der Waals surface area contributed by atoms with E-state index in [1.54, 1.807) is 18.2 Å². The molecule has 1 atom stereocenters. The average molecular weight is 237 g/mol. The van der Waals surface area contributed by atoms with Crippen LogP contribution < -0.4 is 0 Å². The minimum Gasteiger partial charge on any atom is -0.466 e. The molecule has 1 aromatic rings. The number of amides is 1. The Morgan fingerprint density at radius 1 is 1.47 bits per heavy atom. The van der Waals surface area contributed by atoms with Gasteiger partial charge in [-0.25, -0.2) is 9.18 Å². The van der Waals surface area contributed by atoms with Crippen molar-refractivity contribution in [2.24, 2.45) is 0 Å². The molecule has 0 aliphatic carbocycles. The molecule has 5 heteroatoms. The second kappa shape index (κ2) is 3.84. The molecule has 0 aromatic heterocycles. The van der Waals surface area contributed by atoms with Crippen molar-refractivity contribution >= 4 is 11.9 Å². The second-order valence-electron chi connectivity index (χ2n) is 3.97. The summed E-state index contributed by atoms with van der Waals surface area (Å²) in [6.07, 6.45) is 0. The van der Waals surface area contributed by atoms with E-state index in [-0.39, 0.29) is 12.1 Å². The van der Waals surface area contributed by atoms with Crippen LogP contribution in [0.4, 0.5) is 4.39 Å². The topological polar surface area (TPSA) is 46.6 Å². The van der Waals surface area contributed by atoms with Crippen molar-refractivity contribution in [2.45, 2.75) is 12.2 Å². The number of hydrogen-bond donors (Lipinski definition) is 0. The zero-order valence-corrected chi connectivity index (χ0v) is 9.57. The van der Waals surface area contributed by atoms with Gasteiger partial charge in [0, 0.05) is 19.2 Å². The highest BCUT2D eigenvalue weighted by Gasteiger charge is 2.54. The van der Waals surface area contributed by atoms with Crippen LogP contribution in [0.1, 0.15) is 11.1 Å². The van der Waals surface area contributed by atoms with Gasteiger partial charge in [0.2, 0.25) is 0 Å². The molecule has 1 aliphatic rings. The maximum Gasteiger partial charge on any atom is 0.358 e. The summed E-state index contributed by atoms with van der Waals surface area (Å²) in [5, 5.41) is 0. The van der Waals surface area contributed by atoms with E-state index in [0.29, 0.717) is 5.56 Å². The van der Waals surface area contributed by atoms with Crippen LogP contribution in [0.5, 0.6) is 0 Å². The number of methoxy groups -OCH3 is 1. The minimum absolute atomic E-state index is 0.0787. The largest absolute Gasteiger partial charge is 0.466 e. The Labute approximate surface area is 98.0 Å². The Hall–Kier alpha value is -1.91. The van der Waals surface area contributed by atoms with Gasteiger partial charge in [-0.05, 0) is 5.56 Å². The van der Waals surface area contributed by atoms with E-state index in [4.69, 9.17) is 0 Å². The number of alkyl halides is 1. The van der Waals surface area contributed by atoms with Crippen molar-refractivity contribution in [2.75, 3.05) is 14.2 Å². The molecular weight excluding hydrogens is 225 g/mol. The molecule has 2 rings (SSSR count). The van der Waals surface area contributed by atoms with Crippen molar-refractivity contribution in [3.8, 4) is 0 Å². The number of esters is 1. The first-order valence-corrected chi connectivity index (χ1v) is 5.13. The number of nitrogens with zero attached hydrogens (tertiary/aromatic N) is 1. The lowest BCUT2D eigenvalue weighted by Crippen LogP contribution is -2.51. The molecule has 0 radical (unpaired) electrons. The molecule has 0 saturated heterocycles. The van der Waals surface area contributed by atoms with E-state index in [2.05, 4.69) is 4.74 Å². The first-order chi connectivity index (χ1) is 8.01. The van der Waals surface area contributed by atoms with Gasteiger partial charge in [0.05, 0.1) is 7.11 Å². The van der Waals surface area contributed by atoms with Crippen molar-refractivity contribution in [1.82, 2.24) is 4.90 Å². The summed E-state index contributed by atoms with van der Waals surface area (Å²) in [7, 11) is 2.52. The summed E-state index contributed by atoms with van der Waals surface area (Å²) >= 11 is 0. The smallest absolute Gasteiger partial charge is 0.358 e. The Bertz CT molecular complexity index is 488. The van der Waals surface area contributed by atoms with Gasteiger partial charge in [-0.2, -0.15) is 0 Å². The Morgan fingerprint density at radius 3 is 2.76 bits per heavy atom. The molecule has 0 saturated carbocycles. The molecule has 0 bridgehead atoms. The summed E-state index contributed by atoms with van der Waals surface area (Å²) in [6, 6.07) is 6.46. The average Bonchev–Trinajstić information content (AvgIpc) is 2.35. The molecule has 1 amide bonds. The third-order valence-electron chi connectivity index (χ3n) is 2.90. The van der Waals surface area contributed by atoms with E-state index in [1.807, 2.05) is 0 Å². The molecular formula is C12H12FNO3. The highest BCUT2D eigenvalue weighted by molar-refractivity contribution is 6.07. The van der Waals surface area contributed by atoms with E-state index in [0.717, 1.165) is 7.11 Å². The highest BCUT2D eigenvalue weighted by atomic mass is 19.1. The third kappa shape index (κ3) is 1.50. The number of carbonyl (C=O) groups is 2. The standard InChI is InChI=1S/C12H12FNO3/c1-14-7-8-5-3-4-6-9(8)12(13,10(14)15)11(16)17-2/h3-6H,7H2,1-2H3. The van der Waals surface area contributed by atoms with Crippen LogP contribution in [0.15, 0.2) is 24.3 Å². The fourth-order valence-corrected chi connectivity index (χ4v) is 2.04. The highest BCUT2D eigenvalue weighted by Crippen LogP contribution is 2.36. The third-order valence-corrected chi connectivity index (χ3v) is 2.90. The van der Waals surface area contributed by atoms with Crippen molar-refractivity contribution in [3.05, 3.63) is 35.4 Å². The number of benzene rings is 1. The van der Waals surface area contributed by atoms with E-state index in [1.165, 1.54) is 18.0 Å². The van der Waals surface area contributed by atoms with Crippen LogP contribution in [0.2, 0.25) is 0 Å². The molecule has 1 heterocycles. The Morgan fingerprint density at radius 2 is 2.12 bits per heavy atom. The summed E-state index contributed by atoms with van der Waals surface area (Å²) in [5.74, 6) is -2.07. The first-order valence-electron chi connectivity index (χ1n) is 5.13. The molecule has 1 aliphatic heterocycles. The van der Waals surface area contributed by atoms with E-state index in [9.17, 15) is 14.0 Å². The lowest BCUT2D eigenvalue weighted by atomic mass is 9.86. The number of likely N-dealkylation sites (N-methyl/N-ethyl adjacent to an activating group) is 1. The zero-order chi connectivity index (χ0) is 12.6. The monoisotopic (exact) mass is 237 g/mol. The SMILES string of the molecule is COC(=O)C1(F)C(=O)N(C)Cc2ccccc21. The zero-order valence-electron chi connectivity index (χ0n) is 9.57. The van der Waals surface area contributed by atoms with Gasteiger partial charge in [-0.3, -0.25) is 4.79 Å². The quantitative estimate of drug-likeness (QED) is 0.540. The van der Waals surface area contributed by atoms with Crippen LogP contribution in [-0.4, -0.2) is 30.9 Å². The van der Waals surface area contributed by atoms with Gasteiger partial charge >= 0.3 is 11.6 Å². The van der Waals surface area contributed by atoms with Crippen molar-refractivity contribution < 1.29 is 18.7 Å². The fraction of sp³-hybridized carbons (Fsp3) is 0.333. The number of ether oxygens (including phenoxy) is 1. The van der Waals surface area contributed by atoms with Gasteiger partial charge in [0.15, 0.2) is 0 Å². The molecule has 4 nitrogen and oxygen atoms in total. The van der Waals surface area contributed by atoms with Crippen LogP contribution in [0.3, 0.4) is 0 Å². The number of halogens is 1. The van der Waals surface area contributed by atoms with Gasteiger partial charge in [-0.15, -0.1) is 0 Å². The maximum atomic E-state index is 14.7. The molecule has 17 heavy (non-hydrogen) atoms. The van der Waals surface area contributed by atoms with Crippen LogP contribution >= 0.6 is 0 Å². The number of carbonyl (C=O) groups excluding carboxylic acids is 2. The lowest BCUT2D eigenvalue weighted by Gasteiger charge is -2.34. The predicted octanol–water partition coefficient (Wildman–Crippen LogP) is 0.996.